The number of unbranched alkanes of at least 4 members (excludes halogenated alkanes) is 2. The fraction of sp³-hybridized carbons (Fsp3) is 0.195. The number of amides is 4. The molecule has 2 aromatic heterocycles. The molecule has 6 aromatic rings. The maximum atomic E-state index is 14.2. The molecule has 53 heavy (non-hydrogen) atoms. The minimum atomic E-state index is -0.423. The molecule has 4 aromatic carbocycles. The summed E-state index contributed by atoms with van der Waals surface area (Å²) in [6.45, 7) is 0.642. The average molecular weight is 729 g/mol. The molecule has 4 heterocycles. The van der Waals surface area contributed by atoms with Crippen molar-refractivity contribution in [2.75, 3.05) is 29.2 Å². The fourth-order valence-electron chi connectivity index (χ4n) is 7.11. The van der Waals surface area contributed by atoms with Gasteiger partial charge in [-0.25, -0.2) is 0 Å². The summed E-state index contributed by atoms with van der Waals surface area (Å²) in [5.41, 5.74) is 3.76. The number of aromatic nitrogens is 1. The Bertz CT molecular complexity index is 2450. The Morgan fingerprint density at radius 2 is 1.64 bits per heavy atom. The fourth-order valence-corrected chi connectivity index (χ4v) is 7.37. The van der Waals surface area contributed by atoms with E-state index in [4.69, 9.17) is 20.8 Å². The minimum absolute atomic E-state index is 0.147. The van der Waals surface area contributed by atoms with Gasteiger partial charge in [-0.1, -0.05) is 48.9 Å². The van der Waals surface area contributed by atoms with Crippen molar-refractivity contribution in [1.82, 2.24) is 9.88 Å². The highest BCUT2D eigenvalue weighted by atomic mass is 35.5. The number of nitrogens with one attached hydrogen (secondary N) is 2. The number of aromatic amines is 1. The number of hydrogen-bond acceptors (Lipinski definition) is 7. The van der Waals surface area contributed by atoms with Crippen LogP contribution in [-0.4, -0.2) is 58.5 Å². The second-order valence-corrected chi connectivity index (χ2v) is 13.5. The monoisotopic (exact) mass is 728 g/mol. The minimum Gasteiger partial charge on any atom is -0.451 e. The quantitative estimate of drug-likeness (QED) is 0.0458. The standard InChI is InChI=1S/C41H33ClN4O7/c42-22-26-23-46(41(51)31-19-25-18-27(13-14-30(25)44-31)43-40(50)35-20-24-8-3-6-11-33(24)52-35)32-21-34(28-9-4-5-10-29(28)39(26)32)53-38(49)12-2-1-7-17-45-36(47)15-16-37(45)48/h3-6,8-11,13-16,18-21,26,44H,1-2,7,12,17,22-23H2,(H,43,50). The zero-order valence-corrected chi connectivity index (χ0v) is 29.2. The molecule has 8 rings (SSSR count). The first-order valence-corrected chi connectivity index (χ1v) is 17.9. The van der Waals surface area contributed by atoms with Crippen LogP contribution in [0.1, 0.15) is 58.2 Å². The van der Waals surface area contributed by atoms with Gasteiger partial charge in [0, 0.05) is 76.9 Å². The van der Waals surface area contributed by atoms with Gasteiger partial charge in [0.05, 0.1) is 5.69 Å². The number of hydrogen-bond donors (Lipinski definition) is 2. The maximum absolute atomic E-state index is 14.2. The molecule has 0 bridgehead atoms. The molecule has 0 aliphatic carbocycles. The van der Waals surface area contributed by atoms with Gasteiger partial charge in [0.2, 0.25) is 0 Å². The van der Waals surface area contributed by atoms with Gasteiger partial charge >= 0.3 is 5.97 Å². The molecule has 2 aliphatic rings. The van der Waals surface area contributed by atoms with Crippen LogP contribution in [0.2, 0.25) is 0 Å². The van der Waals surface area contributed by atoms with Gasteiger partial charge in [0.15, 0.2) is 5.76 Å². The number of esters is 1. The van der Waals surface area contributed by atoms with E-state index < -0.39 is 5.97 Å². The Morgan fingerprint density at radius 1 is 0.868 bits per heavy atom. The molecule has 1 unspecified atom stereocenters. The molecule has 0 radical (unpaired) electrons. The van der Waals surface area contributed by atoms with Crippen LogP contribution in [0.25, 0.3) is 32.6 Å². The van der Waals surface area contributed by atoms with Gasteiger partial charge in [-0.3, -0.25) is 28.9 Å². The molecule has 0 saturated heterocycles. The van der Waals surface area contributed by atoms with Crippen molar-refractivity contribution in [2.45, 2.75) is 31.6 Å². The Kier molecular flexibility index (Phi) is 9.01. The lowest BCUT2D eigenvalue weighted by atomic mass is 9.95. The van der Waals surface area contributed by atoms with Crippen molar-refractivity contribution in [3.05, 3.63) is 114 Å². The van der Waals surface area contributed by atoms with Crippen molar-refractivity contribution in [2.24, 2.45) is 0 Å². The molecule has 12 heteroatoms. The highest BCUT2D eigenvalue weighted by molar-refractivity contribution is 6.19. The Balaban J connectivity index is 0.993. The lowest BCUT2D eigenvalue weighted by Crippen LogP contribution is -2.30. The van der Waals surface area contributed by atoms with Crippen molar-refractivity contribution in [3.63, 3.8) is 0 Å². The number of benzene rings is 4. The molecule has 2 aliphatic heterocycles. The number of ether oxygens (including phenoxy) is 1. The van der Waals surface area contributed by atoms with Gasteiger partial charge in [0.25, 0.3) is 23.6 Å². The number of nitrogens with zero attached hydrogens (tertiary/aromatic N) is 2. The van der Waals surface area contributed by atoms with Crippen molar-refractivity contribution in [3.8, 4) is 5.75 Å². The second kappa shape index (κ2) is 14.1. The summed E-state index contributed by atoms with van der Waals surface area (Å²) in [6, 6.07) is 25.5. The van der Waals surface area contributed by atoms with E-state index >= 15 is 0 Å². The van der Waals surface area contributed by atoms with Crippen LogP contribution in [-0.2, 0) is 14.4 Å². The first kappa shape index (κ1) is 33.9. The van der Waals surface area contributed by atoms with E-state index in [9.17, 15) is 24.0 Å². The largest absolute Gasteiger partial charge is 0.451 e. The van der Waals surface area contributed by atoms with E-state index in [1.807, 2.05) is 42.5 Å². The van der Waals surface area contributed by atoms with Crippen LogP contribution in [0.3, 0.4) is 0 Å². The Morgan fingerprint density at radius 3 is 2.43 bits per heavy atom. The number of furan rings is 1. The van der Waals surface area contributed by atoms with Crippen LogP contribution in [0.4, 0.5) is 11.4 Å². The SMILES string of the molecule is O=C(CCCCCN1C(=O)C=CC1=O)Oc1cc2c(c3ccccc13)C(CCl)CN2C(=O)c1cc2cc(NC(=O)c3cc4ccccc4o3)ccc2[nH]1. The van der Waals surface area contributed by atoms with E-state index in [-0.39, 0.29) is 47.6 Å². The number of imide groups is 1. The molecule has 4 amide bonds. The number of para-hydroxylation sites is 1. The zero-order chi connectivity index (χ0) is 36.6. The summed E-state index contributed by atoms with van der Waals surface area (Å²) >= 11 is 6.49. The number of fused-ring (bicyclic) bond motifs is 5. The summed E-state index contributed by atoms with van der Waals surface area (Å²) < 4.78 is 11.6. The van der Waals surface area contributed by atoms with Crippen LogP contribution >= 0.6 is 11.6 Å². The number of H-pyrrole nitrogens is 1. The average Bonchev–Trinajstić information content (AvgIpc) is 3.95. The predicted octanol–water partition coefficient (Wildman–Crippen LogP) is 7.69. The smallest absolute Gasteiger partial charge is 0.311 e. The normalized spacial score (nSPS) is 15.2. The highest BCUT2D eigenvalue weighted by Gasteiger charge is 2.36. The van der Waals surface area contributed by atoms with E-state index in [0.717, 1.165) is 27.1 Å². The molecule has 266 valence electrons. The number of halogens is 1. The molecular weight excluding hydrogens is 696 g/mol. The molecule has 0 fully saturated rings. The predicted molar refractivity (Wildman–Crippen MR) is 202 cm³/mol. The first-order valence-electron chi connectivity index (χ1n) is 17.4. The van der Waals surface area contributed by atoms with Crippen LogP contribution in [0, 0.1) is 0 Å². The summed E-state index contributed by atoms with van der Waals surface area (Å²) in [5, 5.41) is 6.03. The molecule has 0 saturated carbocycles. The van der Waals surface area contributed by atoms with E-state index in [0.29, 0.717) is 66.3 Å². The van der Waals surface area contributed by atoms with Crippen molar-refractivity contribution in [1.29, 1.82) is 0 Å². The second-order valence-electron chi connectivity index (χ2n) is 13.2. The van der Waals surface area contributed by atoms with Gasteiger partial charge in [-0.2, -0.15) is 0 Å². The maximum Gasteiger partial charge on any atom is 0.311 e. The number of alkyl halides is 1. The van der Waals surface area contributed by atoms with Gasteiger partial charge in [-0.05, 0) is 60.2 Å². The number of carbonyl (C=O) groups excluding carboxylic acids is 5. The van der Waals surface area contributed by atoms with Crippen molar-refractivity contribution >= 4 is 85.2 Å². The summed E-state index contributed by atoms with van der Waals surface area (Å²) in [7, 11) is 0. The van der Waals surface area contributed by atoms with Crippen LogP contribution < -0.4 is 15.0 Å². The highest BCUT2D eigenvalue weighted by Crippen LogP contribution is 2.46. The molecule has 0 spiro atoms. The first-order chi connectivity index (χ1) is 25.8. The Hall–Kier alpha value is -6.20. The lowest BCUT2D eigenvalue weighted by molar-refractivity contribution is -0.137. The third kappa shape index (κ3) is 6.55. The molecular formula is C41H33ClN4O7. The molecule has 2 N–H and O–H groups in total. The van der Waals surface area contributed by atoms with Crippen LogP contribution in [0.5, 0.6) is 5.75 Å². The van der Waals surface area contributed by atoms with E-state index in [1.54, 1.807) is 47.4 Å². The summed E-state index contributed by atoms with van der Waals surface area (Å²) in [6.07, 6.45) is 4.40. The summed E-state index contributed by atoms with van der Waals surface area (Å²) in [4.78, 5) is 69.9. The van der Waals surface area contributed by atoms with Gasteiger partial charge in [-0.15, -0.1) is 11.6 Å². The third-order valence-corrected chi connectivity index (χ3v) is 10.1. The molecule has 11 nitrogen and oxygen atoms in total. The number of rotatable bonds is 11. The van der Waals surface area contributed by atoms with E-state index in [1.165, 1.54) is 17.1 Å². The van der Waals surface area contributed by atoms with Gasteiger partial charge < -0.3 is 24.4 Å². The van der Waals surface area contributed by atoms with Crippen molar-refractivity contribution < 1.29 is 33.1 Å². The summed E-state index contributed by atoms with van der Waals surface area (Å²) in [5.74, 6) is -1.05. The van der Waals surface area contributed by atoms with Gasteiger partial charge in [0.1, 0.15) is 17.0 Å². The number of anilines is 2. The third-order valence-electron chi connectivity index (χ3n) is 9.71. The topological polar surface area (TPSA) is 142 Å². The molecule has 1 atom stereocenters. The Labute approximate surface area is 308 Å². The van der Waals surface area contributed by atoms with E-state index in [2.05, 4.69) is 10.3 Å². The zero-order valence-electron chi connectivity index (χ0n) is 28.4. The van der Waals surface area contributed by atoms with Crippen LogP contribution in [0.15, 0.2) is 101 Å². The number of carbonyl (C=O) groups is 5. The lowest BCUT2D eigenvalue weighted by Gasteiger charge is -2.18.